The smallest absolute Gasteiger partial charge is 0.300 e. The Morgan fingerprint density at radius 2 is 1.62 bits per heavy atom. The molecule has 214 valence electrons. The minimum atomic E-state index is 0.411. The van der Waals surface area contributed by atoms with E-state index in [4.69, 9.17) is 4.84 Å². The van der Waals surface area contributed by atoms with E-state index in [0.717, 1.165) is 47.4 Å². The largest absolute Gasteiger partial charge is 0.407 e. The highest BCUT2D eigenvalue weighted by atomic mass is 16.6. The normalized spacial score (nSPS) is 13.8. The number of aromatic nitrogens is 4. The highest BCUT2D eigenvalue weighted by Gasteiger charge is 2.15. The highest BCUT2D eigenvalue weighted by Crippen LogP contribution is 2.26. The molecule has 2 aromatic heterocycles. The van der Waals surface area contributed by atoms with Crippen LogP contribution in [0.1, 0.15) is 98.0 Å². The van der Waals surface area contributed by atoms with Crippen LogP contribution in [0.3, 0.4) is 0 Å². The molecule has 0 spiro atoms. The Hall–Kier alpha value is -2.73. The lowest BCUT2D eigenvalue weighted by molar-refractivity contribution is -0.647. The zero-order valence-corrected chi connectivity index (χ0v) is 25.3. The van der Waals surface area contributed by atoms with Gasteiger partial charge in [0.05, 0.1) is 26.5 Å². The molecule has 3 aromatic rings. The van der Waals surface area contributed by atoms with Crippen molar-refractivity contribution in [2.24, 2.45) is 24.8 Å². The molecular formula is C33H51N5O. The summed E-state index contributed by atoms with van der Waals surface area (Å²) in [6.45, 7) is 13.0. The number of allylic oxidation sites excluding steroid dienone is 2. The Kier molecular flexibility index (Phi) is 12.9. The lowest BCUT2D eigenvalue weighted by atomic mass is 9.91. The molecule has 0 amide bonds. The van der Waals surface area contributed by atoms with Crippen molar-refractivity contribution in [1.82, 2.24) is 14.5 Å². The van der Waals surface area contributed by atoms with Crippen molar-refractivity contribution in [2.45, 2.75) is 106 Å². The van der Waals surface area contributed by atoms with Crippen LogP contribution in [0, 0.1) is 17.8 Å². The van der Waals surface area contributed by atoms with Crippen molar-refractivity contribution in [1.29, 1.82) is 0 Å². The number of benzene rings is 1. The molecule has 2 unspecified atom stereocenters. The predicted molar refractivity (Wildman–Crippen MR) is 161 cm³/mol. The number of nitrogens with zero attached hydrogens (tertiary/aromatic N) is 5. The van der Waals surface area contributed by atoms with Crippen molar-refractivity contribution >= 4 is 17.0 Å². The van der Waals surface area contributed by atoms with Crippen molar-refractivity contribution in [2.75, 3.05) is 0 Å². The van der Waals surface area contributed by atoms with Crippen molar-refractivity contribution in [3.05, 3.63) is 65.7 Å². The van der Waals surface area contributed by atoms with E-state index in [1.807, 2.05) is 41.9 Å². The van der Waals surface area contributed by atoms with Crippen LogP contribution >= 0.6 is 0 Å². The van der Waals surface area contributed by atoms with Gasteiger partial charge in [-0.1, -0.05) is 115 Å². The number of imidazole rings is 1. The third-order valence-electron chi connectivity index (χ3n) is 7.72. The Bertz CT molecular complexity index is 1140. The molecule has 0 saturated heterocycles. The van der Waals surface area contributed by atoms with Crippen molar-refractivity contribution in [3.8, 4) is 0 Å². The fourth-order valence-corrected chi connectivity index (χ4v) is 5.21. The fourth-order valence-electron chi connectivity index (χ4n) is 5.21. The van der Waals surface area contributed by atoms with Gasteiger partial charge in [0.1, 0.15) is 0 Å². The van der Waals surface area contributed by atoms with E-state index in [-0.39, 0.29) is 0 Å². The number of aryl methyl sites for hydroxylation is 1. The Morgan fingerprint density at radius 3 is 2.31 bits per heavy atom. The quantitative estimate of drug-likeness (QED) is 0.0932. The van der Waals surface area contributed by atoms with E-state index in [1.165, 1.54) is 56.9 Å². The average Bonchev–Trinajstić information content (AvgIpc) is 3.24. The molecule has 39 heavy (non-hydrogen) atoms. The first-order valence-electron chi connectivity index (χ1n) is 15.1. The van der Waals surface area contributed by atoms with Crippen LogP contribution in [0.25, 0.3) is 16.6 Å². The topological polar surface area (TPSA) is 57.9 Å². The fraction of sp³-hybridized carbons (Fsp3) is 0.606. The molecule has 0 N–H and O–H groups in total. The summed E-state index contributed by atoms with van der Waals surface area (Å²) in [6.07, 6.45) is 17.9. The summed E-state index contributed by atoms with van der Waals surface area (Å²) in [6, 6.07) is 10.0. The maximum Gasteiger partial charge on any atom is 0.300 e. The molecular weight excluding hydrogens is 482 g/mol. The SMILES string of the molecule is C/C(=C\Cn1c[n+](C)c2ncnc([N-]OCc3ccccc3)c21)CCCC(C)CCCC(C)CCCC(C)C. The van der Waals surface area contributed by atoms with Crippen LogP contribution in [-0.2, 0) is 25.0 Å². The van der Waals surface area contributed by atoms with Gasteiger partial charge in [-0.05, 0) is 43.1 Å². The van der Waals surface area contributed by atoms with Crippen molar-refractivity contribution < 1.29 is 9.40 Å². The standard InChI is InChI=1S/C33H51N5O/c1-26(2)13-10-14-27(3)15-11-16-28(4)17-12-18-29(5)21-22-38-25-37(6)33-31(38)32(34-24-35-33)36-39-23-30-19-8-7-9-20-30/h7-9,19-21,24-28H,10-18,22-23H2,1-6H3/b29-21+. The zero-order valence-electron chi connectivity index (χ0n) is 25.3. The first kappa shape index (κ1) is 30.8. The summed E-state index contributed by atoms with van der Waals surface area (Å²) in [7, 11) is 2.00. The molecule has 6 heteroatoms. The van der Waals surface area contributed by atoms with Gasteiger partial charge < -0.3 is 15.3 Å². The maximum absolute atomic E-state index is 5.64. The molecule has 2 atom stereocenters. The second-order valence-electron chi connectivity index (χ2n) is 12.0. The second kappa shape index (κ2) is 16.4. The van der Waals surface area contributed by atoms with Crippen LogP contribution in [0.2, 0.25) is 0 Å². The van der Waals surface area contributed by atoms with Gasteiger partial charge in [0.25, 0.3) is 0 Å². The zero-order chi connectivity index (χ0) is 28.0. The lowest BCUT2D eigenvalue weighted by Crippen LogP contribution is -2.26. The van der Waals surface area contributed by atoms with Crippen LogP contribution in [0.15, 0.2) is 54.6 Å². The monoisotopic (exact) mass is 533 g/mol. The molecule has 0 aliphatic carbocycles. The lowest BCUT2D eigenvalue weighted by Gasteiger charge is -2.15. The van der Waals surface area contributed by atoms with E-state index < -0.39 is 0 Å². The molecule has 0 aliphatic heterocycles. The van der Waals surface area contributed by atoms with E-state index in [1.54, 1.807) is 6.33 Å². The highest BCUT2D eigenvalue weighted by molar-refractivity contribution is 5.81. The number of fused-ring (bicyclic) bond motifs is 1. The summed E-state index contributed by atoms with van der Waals surface area (Å²) in [5.74, 6) is 3.09. The third-order valence-corrected chi connectivity index (χ3v) is 7.72. The van der Waals surface area contributed by atoms with Gasteiger partial charge in [-0.15, -0.1) is 4.98 Å². The molecule has 0 fully saturated rings. The van der Waals surface area contributed by atoms with E-state index in [0.29, 0.717) is 12.4 Å². The minimum absolute atomic E-state index is 0.411. The van der Waals surface area contributed by atoms with Gasteiger partial charge in [0, 0.05) is 5.82 Å². The van der Waals surface area contributed by atoms with Crippen LogP contribution in [0.5, 0.6) is 0 Å². The Morgan fingerprint density at radius 1 is 0.949 bits per heavy atom. The summed E-state index contributed by atoms with van der Waals surface area (Å²) in [4.78, 5) is 14.5. The summed E-state index contributed by atoms with van der Waals surface area (Å²) in [5, 5.41) is 0. The van der Waals surface area contributed by atoms with Crippen LogP contribution in [0.4, 0.5) is 5.82 Å². The van der Waals surface area contributed by atoms with E-state index >= 15 is 0 Å². The van der Waals surface area contributed by atoms with Gasteiger partial charge in [-0.25, -0.2) is 4.57 Å². The molecule has 0 radical (unpaired) electrons. The summed E-state index contributed by atoms with van der Waals surface area (Å²) >= 11 is 0. The van der Waals surface area contributed by atoms with Crippen molar-refractivity contribution in [3.63, 3.8) is 0 Å². The Balaban J connectivity index is 1.43. The van der Waals surface area contributed by atoms with E-state index in [2.05, 4.69) is 67.0 Å². The molecule has 0 saturated carbocycles. The maximum atomic E-state index is 5.64. The minimum Gasteiger partial charge on any atom is -0.407 e. The molecule has 3 rings (SSSR count). The number of rotatable bonds is 18. The van der Waals surface area contributed by atoms with Gasteiger partial charge in [0.2, 0.25) is 0 Å². The molecule has 0 aliphatic rings. The molecule has 2 heterocycles. The van der Waals surface area contributed by atoms with Crippen LogP contribution in [-0.4, -0.2) is 14.5 Å². The summed E-state index contributed by atoms with van der Waals surface area (Å²) < 4.78 is 4.18. The Labute approximate surface area is 236 Å². The molecule has 1 aromatic carbocycles. The van der Waals surface area contributed by atoms with Crippen LogP contribution < -0.4 is 4.57 Å². The predicted octanol–water partition coefficient (Wildman–Crippen LogP) is 8.78. The third kappa shape index (κ3) is 10.7. The first-order chi connectivity index (χ1) is 18.8. The van der Waals surface area contributed by atoms with Gasteiger partial charge in [-0.2, -0.15) is 0 Å². The van der Waals surface area contributed by atoms with E-state index in [9.17, 15) is 0 Å². The average molecular weight is 534 g/mol. The second-order valence-corrected chi connectivity index (χ2v) is 12.0. The molecule has 0 bridgehead atoms. The summed E-state index contributed by atoms with van der Waals surface area (Å²) in [5.41, 5.74) is 8.60. The number of hydrogen-bond acceptors (Lipinski definition) is 3. The van der Waals surface area contributed by atoms with Gasteiger partial charge in [0.15, 0.2) is 11.8 Å². The first-order valence-corrected chi connectivity index (χ1v) is 15.1. The number of hydrogen-bond donors (Lipinski definition) is 0. The van der Waals surface area contributed by atoms with Gasteiger partial charge in [-0.3, -0.25) is 4.57 Å². The molecule has 6 nitrogen and oxygen atoms in total. The van der Waals surface area contributed by atoms with Gasteiger partial charge >= 0.3 is 5.65 Å².